The summed E-state index contributed by atoms with van der Waals surface area (Å²) in [6.45, 7) is 7.79. The minimum Gasteiger partial charge on any atom is -0.494 e. The second kappa shape index (κ2) is 13.8. The van der Waals surface area contributed by atoms with Gasteiger partial charge in [-0.25, -0.2) is 14.8 Å². The smallest absolute Gasteiger partial charge is 0.317 e. The Kier molecular flexibility index (Phi) is 9.24. The average molecular weight is 599 g/mol. The molecule has 4 heterocycles. The van der Waals surface area contributed by atoms with E-state index in [2.05, 4.69) is 48.6 Å². The fourth-order valence-corrected chi connectivity index (χ4v) is 5.98. The lowest BCUT2D eigenvalue weighted by Gasteiger charge is -2.40. The molecule has 0 saturated carbocycles. The molecule has 2 aromatic carbocycles. The molecule has 44 heavy (non-hydrogen) atoms. The van der Waals surface area contributed by atoms with Gasteiger partial charge in [0, 0.05) is 75.0 Å². The summed E-state index contributed by atoms with van der Waals surface area (Å²) in [5.74, 6) is 1.63. The first-order valence-corrected chi connectivity index (χ1v) is 15.2. The Morgan fingerprint density at radius 3 is 2.52 bits per heavy atom. The monoisotopic (exact) mass is 598 g/mol. The zero-order chi connectivity index (χ0) is 30.3. The van der Waals surface area contributed by atoms with Crippen LogP contribution in [-0.2, 0) is 4.74 Å². The van der Waals surface area contributed by atoms with E-state index >= 15 is 0 Å². The van der Waals surface area contributed by atoms with E-state index in [0.717, 1.165) is 80.5 Å². The minimum absolute atomic E-state index is 0.0953. The fourth-order valence-electron chi connectivity index (χ4n) is 5.98. The third-order valence-corrected chi connectivity index (χ3v) is 8.47. The number of morpholine rings is 1. The molecule has 3 aliphatic heterocycles. The zero-order valence-electron chi connectivity index (χ0n) is 25.0. The fraction of sp³-hybridized carbons (Fsp3) is 0.438. The number of hydrogen-bond acceptors (Lipinski definition) is 10. The molecule has 3 aliphatic rings. The Bertz CT molecular complexity index is 1480. The van der Waals surface area contributed by atoms with Crippen LogP contribution >= 0.6 is 0 Å². The topological polar surface area (TPSA) is 128 Å². The van der Waals surface area contributed by atoms with E-state index in [-0.39, 0.29) is 12.6 Å². The van der Waals surface area contributed by atoms with Crippen molar-refractivity contribution in [3.05, 3.63) is 54.4 Å². The Balaban J connectivity index is 1.07. The van der Waals surface area contributed by atoms with Crippen molar-refractivity contribution in [2.24, 2.45) is 0 Å². The highest BCUT2D eigenvalue weighted by Crippen LogP contribution is 2.33. The van der Waals surface area contributed by atoms with Crippen LogP contribution in [0.3, 0.4) is 0 Å². The molecule has 3 saturated heterocycles. The van der Waals surface area contributed by atoms with Crippen LogP contribution in [0.1, 0.15) is 18.4 Å². The van der Waals surface area contributed by atoms with Crippen molar-refractivity contribution in [1.82, 2.24) is 25.1 Å². The number of anilines is 3. The van der Waals surface area contributed by atoms with E-state index in [1.54, 1.807) is 36.5 Å². The van der Waals surface area contributed by atoms with Gasteiger partial charge in [0.15, 0.2) is 0 Å². The van der Waals surface area contributed by atoms with Crippen LogP contribution in [0.15, 0.2) is 48.8 Å². The van der Waals surface area contributed by atoms with Crippen molar-refractivity contribution in [2.75, 3.05) is 83.0 Å². The molecule has 0 atom stereocenters. The van der Waals surface area contributed by atoms with Gasteiger partial charge in [0.05, 0.1) is 38.1 Å². The van der Waals surface area contributed by atoms with E-state index in [4.69, 9.17) is 14.2 Å². The lowest BCUT2D eigenvalue weighted by atomic mass is 10.0. The summed E-state index contributed by atoms with van der Waals surface area (Å²) >= 11 is 0. The van der Waals surface area contributed by atoms with Gasteiger partial charge >= 0.3 is 6.03 Å². The maximum atomic E-state index is 11.8. The molecule has 0 aliphatic carbocycles. The van der Waals surface area contributed by atoms with Gasteiger partial charge in [-0.05, 0) is 42.7 Å². The number of ether oxygens (including phenoxy) is 3. The van der Waals surface area contributed by atoms with Crippen LogP contribution in [0, 0.1) is 11.3 Å². The van der Waals surface area contributed by atoms with Crippen LogP contribution in [0.4, 0.5) is 22.1 Å². The van der Waals surface area contributed by atoms with Gasteiger partial charge in [0.2, 0.25) is 5.95 Å². The second-order valence-electron chi connectivity index (χ2n) is 11.1. The number of aromatic nitrogens is 2. The number of hydrogen-bond donors (Lipinski definition) is 2. The molecule has 0 unspecified atom stereocenters. The summed E-state index contributed by atoms with van der Waals surface area (Å²) in [6, 6.07) is 14.3. The second-order valence-corrected chi connectivity index (χ2v) is 11.1. The van der Waals surface area contributed by atoms with E-state index in [0.29, 0.717) is 42.9 Å². The Labute approximate surface area is 257 Å². The quantitative estimate of drug-likeness (QED) is 0.358. The summed E-state index contributed by atoms with van der Waals surface area (Å²) < 4.78 is 17.1. The maximum absolute atomic E-state index is 11.8. The largest absolute Gasteiger partial charge is 0.494 e. The molecule has 0 bridgehead atoms. The lowest BCUT2D eigenvalue weighted by molar-refractivity contribution is 0.0115. The van der Waals surface area contributed by atoms with E-state index < -0.39 is 0 Å². The van der Waals surface area contributed by atoms with E-state index in [9.17, 15) is 10.1 Å². The lowest BCUT2D eigenvalue weighted by Crippen LogP contribution is -2.49. The molecule has 12 heteroatoms. The summed E-state index contributed by atoms with van der Waals surface area (Å²) in [6.07, 6.45) is 5.75. The number of amides is 2. The van der Waals surface area contributed by atoms with Crippen LogP contribution in [0.25, 0.3) is 11.1 Å². The normalized spacial score (nSPS) is 17.7. The molecule has 3 fully saturated rings. The molecule has 1 aromatic heterocycles. The summed E-state index contributed by atoms with van der Waals surface area (Å²) in [7, 11) is 1.67. The predicted octanol–water partition coefficient (Wildman–Crippen LogP) is 3.47. The number of carbonyl (C=O) groups is 1. The molecule has 12 nitrogen and oxygen atoms in total. The molecule has 2 amide bonds. The van der Waals surface area contributed by atoms with Crippen molar-refractivity contribution >= 4 is 23.4 Å². The number of carbonyl (C=O) groups excluding carboxylic acids is 1. The number of piperidine rings is 1. The standard InChI is InChI=1S/C32H38N8O4/c1-42-30-19-27(38-9-6-26(7-10-38)39-12-15-43-16-13-39)4-5-28(30)37-31-35-21-25(22-36-31)23-2-3-24(20-33)29(18-23)44-17-14-40-11-8-34-32(40)41/h2-5,18-19,21-22,26H,6-17H2,1H3,(H,34,41)(H,35,36,37). The molecule has 0 radical (unpaired) electrons. The van der Waals surface area contributed by atoms with Gasteiger partial charge in [-0.1, -0.05) is 6.07 Å². The SMILES string of the molecule is COc1cc(N2CCC(N3CCOCC3)CC2)ccc1Nc1ncc(-c2ccc(C#N)c(OCCN3CCNC3=O)c2)cn1. The number of nitrogens with zero attached hydrogens (tertiary/aromatic N) is 6. The Hall–Kier alpha value is -4.60. The first-order chi connectivity index (χ1) is 21.6. The number of nitrogens with one attached hydrogen (secondary N) is 2. The summed E-state index contributed by atoms with van der Waals surface area (Å²) in [4.78, 5) is 27.5. The van der Waals surface area contributed by atoms with E-state index in [1.165, 1.54) is 0 Å². The van der Waals surface area contributed by atoms with Gasteiger partial charge in [0.25, 0.3) is 0 Å². The predicted molar refractivity (Wildman–Crippen MR) is 167 cm³/mol. The number of urea groups is 1. The van der Waals surface area contributed by atoms with Crippen molar-refractivity contribution in [2.45, 2.75) is 18.9 Å². The third kappa shape index (κ3) is 6.79. The van der Waals surface area contributed by atoms with Gasteiger partial charge < -0.3 is 34.6 Å². The highest BCUT2D eigenvalue weighted by Gasteiger charge is 2.26. The van der Waals surface area contributed by atoms with Crippen LogP contribution in [0.5, 0.6) is 11.5 Å². The highest BCUT2D eigenvalue weighted by molar-refractivity contribution is 5.76. The first kappa shape index (κ1) is 29.5. The van der Waals surface area contributed by atoms with Crippen molar-refractivity contribution in [1.29, 1.82) is 5.26 Å². The highest BCUT2D eigenvalue weighted by atomic mass is 16.5. The van der Waals surface area contributed by atoms with Gasteiger partial charge in [-0.2, -0.15) is 5.26 Å². The molecule has 6 rings (SSSR count). The summed E-state index contributed by atoms with van der Waals surface area (Å²) in [5, 5.41) is 15.6. The Morgan fingerprint density at radius 1 is 1.02 bits per heavy atom. The van der Waals surface area contributed by atoms with Crippen LogP contribution in [-0.4, -0.2) is 105 Å². The molecule has 0 spiro atoms. The molecule has 3 aromatic rings. The third-order valence-electron chi connectivity index (χ3n) is 8.47. The van der Waals surface area contributed by atoms with Crippen molar-refractivity contribution in [3.63, 3.8) is 0 Å². The number of nitriles is 1. The van der Waals surface area contributed by atoms with E-state index in [1.807, 2.05) is 12.1 Å². The molecule has 2 N–H and O–H groups in total. The number of benzene rings is 2. The maximum Gasteiger partial charge on any atom is 0.317 e. The molecular formula is C32H38N8O4. The van der Waals surface area contributed by atoms with Crippen molar-refractivity contribution in [3.8, 4) is 28.7 Å². The van der Waals surface area contributed by atoms with Gasteiger partial charge in [-0.15, -0.1) is 0 Å². The number of rotatable bonds is 10. The van der Waals surface area contributed by atoms with Gasteiger partial charge in [-0.3, -0.25) is 4.90 Å². The van der Waals surface area contributed by atoms with Crippen LogP contribution in [0.2, 0.25) is 0 Å². The minimum atomic E-state index is -0.0953. The zero-order valence-corrected chi connectivity index (χ0v) is 25.0. The van der Waals surface area contributed by atoms with Crippen LogP contribution < -0.4 is 25.0 Å². The number of methoxy groups -OCH3 is 1. The first-order valence-electron chi connectivity index (χ1n) is 15.2. The van der Waals surface area contributed by atoms with Crippen molar-refractivity contribution < 1.29 is 19.0 Å². The average Bonchev–Trinajstić information content (AvgIpc) is 3.49. The Morgan fingerprint density at radius 2 is 1.82 bits per heavy atom. The van der Waals surface area contributed by atoms with Gasteiger partial charge in [0.1, 0.15) is 24.2 Å². The molecular weight excluding hydrogens is 560 g/mol. The molecule has 230 valence electrons. The summed E-state index contributed by atoms with van der Waals surface area (Å²) in [5.41, 5.74) is 3.96.